The zero-order chi connectivity index (χ0) is 12.7. The Balaban J connectivity index is 2.18. The Morgan fingerprint density at radius 2 is 2.06 bits per heavy atom. The topological polar surface area (TPSA) is 52.2 Å². The van der Waals surface area contributed by atoms with Crippen LogP contribution in [0.1, 0.15) is 49.0 Å². The second kappa shape index (κ2) is 4.12. The van der Waals surface area contributed by atoms with E-state index in [4.69, 9.17) is 4.42 Å². The lowest BCUT2D eigenvalue weighted by atomic mass is 10.1. The first-order valence-electron chi connectivity index (χ1n) is 6.33. The highest BCUT2D eigenvalue weighted by molar-refractivity contribution is 5.96. The minimum absolute atomic E-state index is 0.0202. The first-order chi connectivity index (χ1) is 8.66. The van der Waals surface area contributed by atoms with Crippen molar-refractivity contribution in [1.82, 2.24) is 4.57 Å². The zero-order valence-corrected chi connectivity index (χ0v) is 10.3. The number of Topliss-reactive ketones (excluding diaryl/α,β-unsaturated/α-hetero) is 1. The van der Waals surface area contributed by atoms with Gasteiger partial charge in [0.1, 0.15) is 0 Å². The molecule has 0 saturated heterocycles. The fraction of sp³-hybridized carbons (Fsp3) is 0.429. The number of carbonyl (C=O) groups is 1. The molecule has 4 heteroatoms. The standard InChI is InChI=1S/C14H15NO3/c1-9(16)10-6-7-12-13(8-10)18-14(17)15(12)11-4-2-3-5-11/h6-8,11H,2-5H2,1H3. The van der Waals surface area contributed by atoms with Crippen LogP contribution in [0.15, 0.2) is 27.4 Å². The lowest BCUT2D eigenvalue weighted by Gasteiger charge is -2.09. The zero-order valence-electron chi connectivity index (χ0n) is 10.3. The molecule has 1 aromatic heterocycles. The van der Waals surface area contributed by atoms with Crippen LogP contribution in [0.25, 0.3) is 11.1 Å². The molecule has 1 heterocycles. The van der Waals surface area contributed by atoms with Crippen molar-refractivity contribution >= 4 is 16.9 Å². The van der Waals surface area contributed by atoms with E-state index in [2.05, 4.69) is 0 Å². The summed E-state index contributed by atoms with van der Waals surface area (Å²) < 4.78 is 7.00. The highest BCUT2D eigenvalue weighted by Crippen LogP contribution is 2.31. The fourth-order valence-electron chi connectivity index (χ4n) is 2.76. The molecule has 2 aromatic rings. The average molecular weight is 245 g/mol. The number of aromatic nitrogens is 1. The van der Waals surface area contributed by atoms with Crippen molar-refractivity contribution in [2.45, 2.75) is 38.6 Å². The molecule has 0 N–H and O–H groups in total. The Bertz CT molecular complexity index is 659. The number of fused-ring (bicyclic) bond motifs is 1. The number of carbonyl (C=O) groups excluding carboxylic acids is 1. The Kier molecular flexibility index (Phi) is 2.58. The van der Waals surface area contributed by atoms with Crippen LogP contribution in [0.2, 0.25) is 0 Å². The van der Waals surface area contributed by atoms with E-state index in [1.807, 2.05) is 6.07 Å². The Morgan fingerprint density at radius 3 is 2.72 bits per heavy atom. The first-order valence-corrected chi connectivity index (χ1v) is 6.33. The predicted octanol–water partition coefficient (Wildman–Crippen LogP) is 2.91. The van der Waals surface area contributed by atoms with Crippen molar-refractivity contribution in [3.05, 3.63) is 34.3 Å². The van der Waals surface area contributed by atoms with Crippen molar-refractivity contribution in [3.63, 3.8) is 0 Å². The molecule has 1 aliphatic carbocycles. The Morgan fingerprint density at radius 1 is 1.33 bits per heavy atom. The number of hydrogen-bond donors (Lipinski definition) is 0. The van der Waals surface area contributed by atoms with Gasteiger partial charge in [-0.15, -0.1) is 0 Å². The van der Waals surface area contributed by atoms with E-state index in [0.29, 0.717) is 11.1 Å². The molecule has 1 saturated carbocycles. The van der Waals surface area contributed by atoms with Gasteiger partial charge in [-0.25, -0.2) is 4.79 Å². The molecule has 18 heavy (non-hydrogen) atoms. The number of oxazole rings is 1. The van der Waals surface area contributed by atoms with E-state index in [-0.39, 0.29) is 17.6 Å². The maximum atomic E-state index is 11.9. The second-order valence-electron chi connectivity index (χ2n) is 4.91. The highest BCUT2D eigenvalue weighted by atomic mass is 16.4. The monoisotopic (exact) mass is 245 g/mol. The van der Waals surface area contributed by atoms with Gasteiger partial charge in [-0.2, -0.15) is 0 Å². The maximum Gasteiger partial charge on any atom is 0.420 e. The quantitative estimate of drug-likeness (QED) is 0.764. The number of rotatable bonds is 2. The van der Waals surface area contributed by atoms with E-state index in [0.717, 1.165) is 31.2 Å². The minimum Gasteiger partial charge on any atom is -0.408 e. The molecule has 1 fully saturated rings. The molecule has 0 spiro atoms. The third-order valence-electron chi connectivity index (χ3n) is 3.71. The number of nitrogens with zero attached hydrogens (tertiary/aromatic N) is 1. The Hall–Kier alpha value is -1.84. The summed E-state index contributed by atoms with van der Waals surface area (Å²) in [6.45, 7) is 1.51. The van der Waals surface area contributed by atoms with E-state index >= 15 is 0 Å². The number of benzene rings is 1. The number of ketones is 1. The second-order valence-corrected chi connectivity index (χ2v) is 4.91. The lowest BCUT2D eigenvalue weighted by Crippen LogP contribution is -2.18. The predicted molar refractivity (Wildman–Crippen MR) is 68.0 cm³/mol. The normalized spacial score (nSPS) is 16.5. The van der Waals surface area contributed by atoms with E-state index in [1.54, 1.807) is 16.7 Å². The molecule has 0 atom stereocenters. The summed E-state index contributed by atoms with van der Waals surface area (Å²) in [5.74, 6) is -0.328. The van der Waals surface area contributed by atoms with Crippen molar-refractivity contribution in [2.24, 2.45) is 0 Å². The Labute approximate surface area is 104 Å². The van der Waals surface area contributed by atoms with Gasteiger partial charge in [0.05, 0.1) is 5.52 Å². The van der Waals surface area contributed by atoms with Gasteiger partial charge in [0.2, 0.25) is 0 Å². The molecule has 0 amide bonds. The van der Waals surface area contributed by atoms with Gasteiger partial charge in [-0.1, -0.05) is 12.8 Å². The molecule has 3 rings (SSSR count). The van der Waals surface area contributed by atoms with Crippen LogP contribution < -0.4 is 5.76 Å². The van der Waals surface area contributed by atoms with Gasteiger partial charge in [-0.05, 0) is 38.0 Å². The first kappa shape index (κ1) is 11.3. The summed E-state index contributed by atoms with van der Waals surface area (Å²) in [4.78, 5) is 23.2. The fourth-order valence-corrected chi connectivity index (χ4v) is 2.76. The van der Waals surface area contributed by atoms with Crippen molar-refractivity contribution in [1.29, 1.82) is 0 Å². The summed E-state index contributed by atoms with van der Waals surface area (Å²) in [7, 11) is 0. The summed E-state index contributed by atoms with van der Waals surface area (Å²) in [6.07, 6.45) is 4.39. The summed E-state index contributed by atoms with van der Waals surface area (Å²) in [5.41, 5.74) is 1.89. The molecular formula is C14H15NO3. The molecule has 1 aromatic carbocycles. The van der Waals surface area contributed by atoms with Crippen molar-refractivity contribution in [2.75, 3.05) is 0 Å². The lowest BCUT2D eigenvalue weighted by molar-refractivity contribution is 0.101. The van der Waals surface area contributed by atoms with Gasteiger partial charge < -0.3 is 4.42 Å². The smallest absolute Gasteiger partial charge is 0.408 e. The van der Waals surface area contributed by atoms with Crippen LogP contribution in [-0.2, 0) is 0 Å². The molecule has 1 aliphatic rings. The van der Waals surface area contributed by atoms with Gasteiger partial charge in [0.25, 0.3) is 0 Å². The summed E-state index contributed by atoms with van der Waals surface area (Å²) in [6, 6.07) is 5.48. The third-order valence-corrected chi connectivity index (χ3v) is 3.71. The van der Waals surface area contributed by atoms with Gasteiger partial charge in [-0.3, -0.25) is 9.36 Å². The highest BCUT2D eigenvalue weighted by Gasteiger charge is 2.22. The number of hydrogen-bond acceptors (Lipinski definition) is 3. The maximum absolute atomic E-state index is 11.9. The molecule has 0 unspecified atom stereocenters. The molecule has 94 valence electrons. The molecule has 0 bridgehead atoms. The van der Waals surface area contributed by atoms with Crippen LogP contribution in [0.4, 0.5) is 0 Å². The average Bonchev–Trinajstić information content (AvgIpc) is 2.93. The van der Waals surface area contributed by atoms with Crippen LogP contribution in [0.5, 0.6) is 0 Å². The van der Waals surface area contributed by atoms with Crippen LogP contribution in [0.3, 0.4) is 0 Å². The van der Waals surface area contributed by atoms with E-state index in [1.165, 1.54) is 6.92 Å². The van der Waals surface area contributed by atoms with Gasteiger partial charge in [0.15, 0.2) is 11.4 Å². The van der Waals surface area contributed by atoms with Crippen molar-refractivity contribution in [3.8, 4) is 0 Å². The minimum atomic E-state index is -0.308. The SMILES string of the molecule is CC(=O)c1ccc2c(c1)oc(=O)n2C1CCCC1. The van der Waals surface area contributed by atoms with Gasteiger partial charge in [0, 0.05) is 11.6 Å². The third kappa shape index (κ3) is 1.68. The van der Waals surface area contributed by atoms with E-state index in [9.17, 15) is 9.59 Å². The summed E-state index contributed by atoms with van der Waals surface area (Å²) >= 11 is 0. The van der Waals surface area contributed by atoms with E-state index < -0.39 is 0 Å². The molecule has 4 nitrogen and oxygen atoms in total. The molecule has 0 aliphatic heterocycles. The van der Waals surface area contributed by atoms with Gasteiger partial charge >= 0.3 is 5.76 Å². The van der Waals surface area contributed by atoms with Crippen LogP contribution >= 0.6 is 0 Å². The van der Waals surface area contributed by atoms with Crippen molar-refractivity contribution < 1.29 is 9.21 Å². The largest absolute Gasteiger partial charge is 0.420 e. The summed E-state index contributed by atoms with van der Waals surface area (Å²) in [5, 5.41) is 0. The van der Waals surface area contributed by atoms with Crippen LogP contribution in [-0.4, -0.2) is 10.4 Å². The molecule has 0 radical (unpaired) electrons. The molecular weight excluding hydrogens is 230 g/mol. The van der Waals surface area contributed by atoms with Crippen LogP contribution in [0, 0.1) is 0 Å².